The van der Waals surface area contributed by atoms with Crippen LogP contribution in [0.2, 0.25) is 0 Å². The van der Waals surface area contributed by atoms with Gasteiger partial charge in [0.1, 0.15) is 6.54 Å². The third-order valence-corrected chi connectivity index (χ3v) is 0.183. The summed E-state index contributed by atoms with van der Waals surface area (Å²) in [4.78, 5) is 0. The number of hydrogen-bond acceptors (Lipinski definition) is 1. The monoisotopic (exact) mass is 62.1 g/mol. The molecule has 3 N–H and O–H groups in total. The molecule has 0 rings (SSSR count). The van der Waals surface area contributed by atoms with Crippen LogP contribution in [-0.2, 0) is 0 Å². The normalized spacial score (nSPS) is 7.50. The third-order valence-electron chi connectivity index (χ3n) is 0.183. The minimum atomic E-state index is 0.750. The Morgan fingerprint density at radius 2 is 2.25 bits per heavy atom. The molecular weight excluding hydrogens is 54.0 g/mol. The van der Waals surface area contributed by atoms with Crippen molar-refractivity contribution in [2.24, 2.45) is 0 Å². The van der Waals surface area contributed by atoms with Crippen LogP contribution in [0.25, 0.3) is 0 Å². The van der Waals surface area contributed by atoms with Gasteiger partial charge in [-0.05, 0) is 6.92 Å². The lowest BCUT2D eigenvalue weighted by Crippen LogP contribution is -2.79. The lowest BCUT2D eigenvalue weighted by atomic mass is 10.8. The van der Waals surface area contributed by atoms with Crippen LogP contribution in [0.5, 0.6) is 0 Å². The average molecular weight is 62.1 g/mol. The van der Waals surface area contributed by atoms with Crippen LogP contribution < -0.4 is 5.48 Å². The van der Waals surface area contributed by atoms with E-state index in [-0.39, 0.29) is 0 Å². The summed E-state index contributed by atoms with van der Waals surface area (Å²) in [6.07, 6.45) is 0. The molecule has 0 amide bonds. The van der Waals surface area contributed by atoms with E-state index in [0.29, 0.717) is 0 Å². The quantitative estimate of drug-likeness (QED) is 0.374. The molecule has 0 aromatic carbocycles. The molecule has 0 aliphatic heterocycles. The van der Waals surface area contributed by atoms with Gasteiger partial charge in [-0.3, -0.25) is 0 Å². The number of nitrogens with two attached hydrogens (primary N) is 1. The highest BCUT2D eigenvalue weighted by Crippen LogP contribution is 1.18. The molecule has 0 saturated heterocycles. The second-order valence-electron chi connectivity index (χ2n) is 0.591. The molecule has 4 heavy (non-hydrogen) atoms. The maximum Gasteiger partial charge on any atom is 0.102 e. The first-order valence-corrected chi connectivity index (χ1v) is 1.37. The number of quaternary nitrogens is 1. The molecule has 2 heteroatoms. The smallest absolute Gasteiger partial charge is 0.102 e. The predicted octanol–water partition coefficient (Wildman–Crippen LogP) is -1.04. The van der Waals surface area contributed by atoms with E-state index in [2.05, 4.69) is 0 Å². The van der Waals surface area contributed by atoms with Crippen molar-refractivity contribution >= 4 is 0 Å². The van der Waals surface area contributed by atoms with E-state index >= 15 is 0 Å². The van der Waals surface area contributed by atoms with Crippen LogP contribution in [0, 0.1) is 0 Å². The van der Waals surface area contributed by atoms with E-state index in [4.69, 9.17) is 5.21 Å². The summed E-state index contributed by atoms with van der Waals surface area (Å²) >= 11 is 0. The number of hydrogen-bond donors (Lipinski definition) is 2. The van der Waals surface area contributed by atoms with Gasteiger partial charge in [0.25, 0.3) is 0 Å². The van der Waals surface area contributed by atoms with Gasteiger partial charge in [-0.15, -0.1) is 0 Å². The van der Waals surface area contributed by atoms with Gasteiger partial charge in [0, 0.05) is 0 Å². The van der Waals surface area contributed by atoms with Crippen molar-refractivity contribution in [3.8, 4) is 0 Å². The van der Waals surface area contributed by atoms with Gasteiger partial charge in [-0.25, -0.2) is 10.7 Å². The summed E-state index contributed by atoms with van der Waals surface area (Å²) in [6.45, 7) is 2.62. The van der Waals surface area contributed by atoms with E-state index < -0.39 is 0 Å². The highest BCUT2D eigenvalue weighted by Gasteiger charge is 1.57. The first-order valence-electron chi connectivity index (χ1n) is 1.37. The summed E-state index contributed by atoms with van der Waals surface area (Å²) in [5.74, 6) is 0. The fourth-order valence-electron chi connectivity index (χ4n) is 0. The number of hydroxylamine groups is 1. The lowest BCUT2D eigenvalue weighted by Gasteiger charge is -1.70. The zero-order chi connectivity index (χ0) is 3.41. The Morgan fingerprint density at radius 1 is 2.00 bits per heavy atom. The van der Waals surface area contributed by atoms with Crippen molar-refractivity contribution in [1.82, 2.24) is 0 Å². The summed E-state index contributed by atoms with van der Waals surface area (Å²) in [5.41, 5.74) is 1.12. The van der Waals surface area contributed by atoms with Crippen molar-refractivity contribution in [3.05, 3.63) is 0 Å². The van der Waals surface area contributed by atoms with Crippen molar-refractivity contribution in [2.45, 2.75) is 6.92 Å². The van der Waals surface area contributed by atoms with Crippen molar-refractivity contribution in [2.75, 3.05) is 6.54 Å². The van der Waals surface area contributed by atoms with Gasteiger partial charge in [0.2, 0.25) is 0 Å². The Morgan fingerprint density at radius 3 is 2.25 bits per heavy atom. The van der Waals surface area contributed by atoms with Crippen LogP contribution in [0.1, 0.15) is 6.92 Å². The Balaban J connectivity index is 1.97. The molecule has 0 aromatic rings. The van der Waals surface area contributed by atoms with Crippen molar-refractivity contribution in [1.29, 1.82) is 0 Å². The molecule has 26 valence electrons. The second kappa shape index (κ2) is 2.92. The van der Waals surface area contributed by atoms with Crippen molar-refractivity contribution in [3.63, 3.8) is 0 Å². The van der Waals surface area contributed by atoms with E-state index in [0.717, 1.165) is 12.0 Å². The molecule has 0 spiro atoms. The second-order valence-corrected chi connectivity index (χ2v) is 0.591. The van der Waals surface area contributed by atoms with Gasteiger partial charge in [0.15, 0.2) is 0 Å². The maximum atomic E-state index is 7.75. The highest BCUT2D eigenvalue weighted by molar-refractivity contribution is 3.81. The molecule has 0 aliphatic rings. The SMILES string of the molecule is CC[NH2+]O. The van der Waals surface area contributed by atoms with E-state index in [1.807, 2.05) is 6.92 Å². The fraction of sp³-hybridized carbons (Fsp3) is 1.00. The van der Waals surface area contributed by atoms with Crippen LogP contribution in [-0.4, -0.2) is 11.8 Å². The fourth-order valence-corrected chi connectivity index (χ4v) is 0. The van der Waals surface area contributed by atoms with E-state index in [9.17, 15) is 0 Å². The van der Waals surface area contributed by atoms with Crippen LogP contribution in [0.15, 0.2) is 0 Å². The van der Waals surface area contributed by atoms with E-state index in [1.54, 1.807) is 0 Å². The Hall–Kier alpha value is -0.0800. The van der Waals surface area contributed by atoms with Crippen LogP contribution in [0.3, 0.4) is 0 Å². The first kappa shape index (κ1) is 3.92. The van der Waals surface area contributed by atoms with E-state index in [1.165, 1.54) is 0 Å². The van der Waals surface area contributed by atoms with Crippen LogP contribution in [0.4, 0.5) is 0 Å². The van der Waals surface area contributed by atoms with Gasteiger partial charge in [0.05, 0.1) is 0 Å². The standard InChI is InChI=1S/C2H7NO/c1-2-3-4/h3-4H,2H2,1H3/p+1. The topological polar surface area (TPSA) is 36.8 Å². The molecule has 0 unspecified atom stereocenters. The minimum Gasteiger partial charge on any atom is -0.221 e. The molecule has 2 nitrogen and oxygen atoms in total. The molecule has 0 fully saturated rings. The van der Waals surface area contributed by atoms with Gasteiger partial charge in [-0.1, -0.05) is 0 Å². The summed E-state index contributed by atoms with van der Waals surface area (Å²) < 4.78 is 0. The molecule has 0 saturated carbocycles. The molecule has 0 aliphatic carbocycles. The Labute approximate surface area is 25.4 Å². The van der Waals surface area contributed by atoms with Gasteiger partial charge in [-0.2, -0.15) is 0 Å². The Kier molecular flexibility index (Phi) is 2.86. The zero-order valence-electron chi connectivity index (χ0n) is 2.73. The summed E-state index contributed by atoms with van der Waals surface area (Å²) in [7, 11) is 0. The molecule has 0 radical (unpaired) electrons. The maximum absolute atomic E-state index is 7.75. The molecule has 0 heterocycles. The third kappa shape index (κ3) is 1.92. The average Bonchev–Trinajstić information content (AvgIpc) is 1.37. The first-order chi connectivity index (χ1) is 1.91. The van der Waals surface area contributed by atoms with Gasteiger partial charge < -0.3 is 0 Å². The lowest BCUT2D eigenvalue weighted by molar-refractivity contribution is -0.884. The zero-order valence-corrected chi connectivity index (χ0v) is 2.73. The summed E-state index contributed by atoms with van der Waals surface area (Å²) in [5, 5.41) is 7.75. The molecule has 0 aromatic heterocycles. The Bertz CT molecular complexity index is 8.00. The highest BCUT2D eigenvalue weighted by atomic mass is 16.5. The summed E-state index contributed by atoms with van der Waals surface area (Å²) in [6, 6.07) is 0. The molecule has 0 bridgehead atoms. The molecular formula is C2H8NO+. The minimum absolute atomic E-state index is 0.750. The van der Waals surface area contributed by atoms with Crippen molar-refractivity contribution < 1.29 is 10.7 Å². The largest absolute Gasteiger partial charge is 0.221 e. The predicted molar refractivity (Wildman–Crippen MR) is 14.3 cm³/mol. The van der Waals surface area contributed by atoms with Gasteiger partial charge >= 0.3 is 0 Å². The molecule has 0 atom stereocenters. The van der Waals surface area contributed by atoms with Crippen LogP contribution >= 0.6 is 0 Å². The number of rotatable bonds is 1.